The fraction of sp³-hybridized carbons (Fsp3) is 0. The first-order chi connectivity index (χ1) is 47.2. The molecule has 0 amide bonds. The van der Waals surface area contributed by atoms with Crippen molar-refractivity contribution in [1.29, 1.82) is 42.1 Å². The van der Waals surface area contributed by atoms with Crippen LogP contribution in [0.15, 0.2) is 243 Å². The lowest BCUT2D eigenvalue weighted by atomic mass is 9.95. The molecular weight excluding hydrogens is 1180 g/mol. The maximum Gasteiger partial charge on any atom is 0.164 e. The summed E-state index contributed by atoms with van der Waals surface area (Å²) in [5.74, 6) is 1.35. The largest absolute Gasteiger partial charge is 0.309 e. The van der Waals surface area contributed by atoms with Crippen molar-refractivity contribution in [2.24, 2.45) is 0 Å². The Morgan fingerprint density at radius 2 is 0.573 bits per heavy atom. The van der Waals surface area contributed by atoms with Gasteiger partial charge in [-0.3, -0.25) is 4.98 Å². The van der Waals surface area contributed by atoms with Crippen molar-refractivity contribution in [2.45, 2.75) is 0 Å². The summed E-state index contributed by atoms with van der Waals surface area (Å²) >= 11 is 0. The zero-order valence-corrected chi connectivity index (χ0v) is 50.4. The molecule has 15 rings (SSSR count). The molecule has 0 fully saturated rings. The minimum Gasteiger partial charge on any atom is -0.309 e. The van der Waals surface area contributed by atoms with E-state index in [0.29, 0.717) is 101 Å². The van der Waals surface area contributed by atoms with Gasteiger partial charge in [0.25, 0.3) is 0 Å². The Kier molecular flexibility index (Phi) is 14.3. The molecule has 14 nitrogen and oxygen atoms in total. The predicted octanol–water partition coefficient (Wildman–Crippen LogP) is 17.8. The quantitative estimate of drug-likeness (QED) is 0.124. The molecule has 0 aliphatic heterocycles. The molecule has 0 bridgehead atoms. The molecule has 11 aromatic carbocycles. The zero-order valence-electron chi connectivity index (χ0n) is 50.4. The van der Waals surface area contributed by atoms with E-state index in [0.717, 1.165) is 88.2 Å². The minimum atomic E-state index is 0.329. The number of rotatable bonds is 10. The van der Waals surface area contributed by atoms with E-state index in [1.54, 1.807) is 79.0 Å². The number of pyridine rings is 1. The summed E-state index contributed by atoms with van der Waals surface area (Å²) in [7, 11) is 0. The molecule has 4 aromatic heterocycles. The van der Waals surface area contributed by atoms with E-state index in [9.17, 15) is 42.1 Å². The van der Waals surface area contributed by atoms with E-state index >= 15 is 0 Å². The third kappa shape index (κ3) is 9.87. The first-order valence-electron chi connectivity index (χ1n) is 30.1. The molecule has 0 saturated carbocycles. The van der Waals surface area contributed by atoms with Gasteiger partial charge >= 0.3 is 0 Å². The molecular formula is C82H40N14. The first kappa shape index (κ1) is 57.5. The maximum atomic E-state index is 10.5. The number of nitrogens with zero attached hydrogens (tertiary/aromatic N) is 14. The molecule has 96 heavy (non-hydrogen) atoms. The molecule has 15 aromatic rings. The van der Waals surface area contributed by atoms with Crippen LogP contribution in [0, 0.1) is 90.6 Å². The number of hydrogen-bond donors (Lipinski definition) is 0. The van der Waals surface area contributed by atoms with E-state index in [1.807, 2.05) is 152 Å². The zero-order chi connectivity index (χ0) is 65.6. The SMILES string of the molecule is N#Cc1ccc(-c2ccc3c(c2)c2cc(-c4ccc(C#N)cc4C#N)ccc2n3-c2ccncc2-c2ccc(-c3nc(-c4ccccc4)nc(-c4ccccc4)n3)cc2-n2c3ccc(-c4ccc(C#N)cc4C#N)cc3c3cc(-c4ccc(C#N)cc4C#N)ccc32)c(C#N)c1. The Bertz CT molecular complexity index is 5880. The lowest BCUT2D eigenvalue weighted by Crippen LogP contribution is -2.04. The predicted molar refractivity (Wildman–Crippen MR) is 368 cm³/mol. The van der Waals surface area contributed by atoms with E-state index in [1.165, 1.54) is 0 Å². The van der Waals surface area contributed by atoms with E-state index in [-0.39, 0.29) is 0 Å². The van der Waals surface area contributed by atoms with Gasteiger partial charge in [0, 0.05) is 61.8 Å². The molecule has 0 spiro atoms. The lowest BCUT2D eigenvalue weighted by molar-refractivity contribution is 1.07. The molecule has 0 saturated heterocycles. The highest BCUT2D eigenvalue weighted by Crippen LogP contribution is 2.46. The van der Waals surface area contributed by atoms with Crippen LogP contribution in [0.3, 0.4) is 0 Å². The van der Waals surface area contributed by atoms with Crippen LogP contribution in [-0.2, 0) is 0 Å². The van der Waals surface area contributed by atoms with Gasteiger partial charge in [-0.1, -0.05) is 121 Å². The number of nitriles is 8. The van der Waals surface area contributed by atoms with Crippen LogP contribution in [0.1, 0.15) is 44.5 Å². The minimum absolute atomic E-state index is 0.329. The van der Waals surface area contributed by atoms with Crippen LogP contribution < -0.4 is 0 Å². The second kappa shape index (κ2) is 23.8. The fourth-order valence-corrected chi connectivity index (χ4v) is 12.9. The number of hydrogen-bond acceptors (Lipinski definition) is 12. The van der Waals surface area contributed by atoms with Crippen LogP contribution in [0.4, 0.5) is 0 Å². The smallest absolute Gasteiger partial charge is 0.164 e. The number of benzene rings is 11. The summed E-state index contributed by atoms with van der Waals surface area (Å²) in [5.41, 5.74) is 16.5. The molecule has 438 valence electrons. The summed E-state index contributed by atoms with van der Waals surface area (Å²) < 4.78 is 4.38. The van der Waals surface area contributed by atoms with Gasteiger partial charge in [-0.25, -0.2) is 15.0 Å². The average molecular weight is 1220 g/mol. The lowest BCUT2D eigenvalue weighted by Gasteiger charge is -2.19. The summed E-state index contributed by atoms with van der Waals surface area (Å²) in [5, 5.41) is 84.6. The van der Waals surface area contributed by atoms with Crippen molar-refractivity contribution < 1.29 is 0 Å². The van der Waals surface area contributed by atoms with Gasteiger partial charge in [-0.05, 0) is 154 Å². The highest BCUT2D eigenvalue weighted by Gasteiger charge is 2.25. The van der Waals surface area contributed by atoms with Gasteiger partial charge in [-0.2, -0.15) is 42.1 Å². The molecule has 4 heterocycles. The molecule has 0 unspecified atom stereocenters. The fourth-order valence-electron chi connectivity index (χ4n) is 12.9. The van der Waals surface area contributed by atoms with Crippen molar-refractivity contribution in [3.8, 4) is 150 Å². The Morgan fingerprint density at radius 3 is 0.917 bits per heavy atom. The second-order valence-electron chi connectivity index (χ2n) is 22.7. The third-order valence-corrected chi connectivity index (χ3v) is 17.4. The molecule has 0 N–H and O–H groups in total. The molecule has 0 aliphatic rings. The summed E-state index contributed by atoms with van der Waals surface area (Å²) in [6.07, 6.45) is 3.60. The summed E-state index contributed by atoms with van der Waals surface area (Å²) in [4.78, 5) is 20.3. The van der Waals surface area contributed by atoms with Crippen molar-refractivity contribution >= 4 is 43.6 Å². The Balaban J connectivity index is 1.03. The van der Waals surface area contributed by atoms with Crippen LogP contribution in [0.5, 0.6) is 0 Å². The average Bonchev–Trinajstić information content (AvgIpc) is 1.56. The van der Waals surface area contributed by atoms with Gasteiger partial charge in [0.05, 0.1) is 127 Å². The highest BCUT2D eigenvalue weighted by atomic mass is 15.0. The van der Waals surface area contributed by atoms with Gasteiger partial charge in [0.15, 0.2) is 17.5 Å². The van der Waals surface area contributed by atoms with Gasteiger partial charge in [0.1, 0.15) is 0 Å². The Hall–Kier alpha value is -14.9. The molecule has 0 radical (unpaired) electrons. The number of aromatic nitrogens is 6. The highest BCUT2D eigenvalue weighted by molar-refractivity contribution is 6.14. The Morgan fingerprint density at radius 1 is 0.250 bits per heavy atom. The molecule has 14 heteroatoms. The van der Waals surface area contributed by atoms with Crippen LogP contribution in [0.2, 0.25) is 0 Å². The van der Waals surface area contributed by atoms with Crippen molar-refractivity contribution in [1.82, 2.24) is 29.1 Å². The van der Waals surface area contributed by atoms with Crippen LogP contribution >= 0.6 is 0 Å². The van der Waals surface area contributed by atoms with Crippen molar-refractivity contribution in [3.63, 3.8) is 0 Å². The van der Waals surface area contributed by atoms with Crippen LogP contribution in [0.25, 0.3) is 145 Å². The summed E-state index contributed by atoms with van der Waals surface area (Å²) in [6.45, 7) is 0. The monoisotopic (exact) mass is 1220 g/mol. The molecule has 0 aliphatic carbocycles. The maximum absolute atomic E-state index is 10.5. The number of fused-ring (bicyclic) bond motifs is 6. The topological polar surface area (TPSA) is 252 Å². The Labute approximate surface area is 549 Å². The van der Waals surface area contributed by atoms with Crippen LogP contribution in [-0.4, -0.2) is 29.1 Å². The standard InChI is InChI=1S/C82H40N14/c83-40-49-11-20-64(60(31-49)44-87)55-16-25-74-69(35-55)70-36-56(65-21-12-50(41-84)32-61(65)45-88)17-26-75(70)95(74)78-29-30-91-48-73(78)68-24-15-59(82-93-80(53-7-3-1-4-8-53)92-81(94-82)54-9-5-2-6-10-54)39-79(68)96-76-27-18-57(66-22-13-51(42-85)33-62(66)46-89)37-71(76)72-38-58(19-28-77(72)96)67-23-14-52(43-86)34-63(67)47-90/h1-39,48H. The second-order valence-corrected chi connectivity index (χ2v) is 22.7. The van der Waals surface area contributed by atoms with Gasteiger partial charge in [0.2, 0.25) is 0 Å². The van der Waals surface area contributed by atoms with Crippen molar-refractivity contribution in [3.05, 3.63) is 287 Å². The van der Waals surface area contributed by atoms with Gasteiger partial charge in [-0.15, -0.1) is 0 Å². The first-order valence-corrected chi connectivity index (χ1v) is 30.1. The van der Waals surface area contributed by atoms with E-state index < -0.39 is 0 Å². The van der Waals surface area contributed by atoms with E-state index in [2.05, 4.69) is 69.8 Å². The summed E-state index contributed by atoms with van der Waals surface area (Å²) in [6, 6.07) is 89.9. The normalized spacial score (nSPS) is 10.8. The third-order valence-electron chi connectivity index (χ3n) is 17.4. The van der Waals surface area contributed by atoms with Gasteiger partial charge < -0.3 is 9.13 Å². The molecule has 0 atom stereocenters. The van der Waals surface area contributed by atoms with Crippen molar-refractivity contribution in [2.75, 3.05) is 0 Å². The van der Waals surface area contributed by atoms with E-state index in [4.69, 9.17) is 19.9 Å².